The van der Waals surface area contributed by atoms with Crippen LogP contribution in [0.15, 0.2) is 53.4 Å². The quantitative estimate of drug-likeness (QED) is 0.690. The number of hydrogen-bond acceptors (Lipinski definition) is 4. The highest BCUT2D eigenvalue weighted by Gasteiger charge is 2.36. The Bertz CT molecular complexity index is 966. The van der Waals surface area contributed by atoms with Gasteiger partial charge >= 0.3 is 0 Å². The van der Waals surface area contributed by atoms with E-state index in [2.05, 4.69) is 0 Å². The van der Waals surface area contributed by atoms with E-state index in [1.54, 1.807) is 31.0 Å². The van der Waals surface area contributed by atoms with Crippen LogP contribution in [0.25, 0.3) is 0 Å². The third kappa shape index (κ3) is 4.74. The third-order valence-corrected chi connectivity index (χ3v) is 7.15. The van der Waals surface area contributed by atoms with Gasteiger partial charge in [0.15, 0.2) is 0 Å². The van der Waals surface area contributed by atoms with Crippen molar-refractivity contribution in [3.63, 3.8) is 0 Å². The minimum Gasteiger partial charge on any atom is -0.492 e. The van der Waals surface area contributed by atoms with Crippen molar-refractivity contribution in [3.05, 3.63) is 53.6 Å². The normalized spacial score (nSPS) is 17.7. The van der Waals surface area contributed by atoms with E-state index in [-0.39, 0.29) is 23.1 Å². The lowest BCUT2D eigenvalue weighted by molar-refractivity contribution is -0.123. The monoisotopic (exact) mass is 436 g/mol. The van der Waals surface area contributed by atoms with Gasteiger partial charge in [0.2, 0.25) is 15.9 Å². The molecule has 0 N–H and O–H groups in total. The number of halogens is 1. The summed E-state index contributed by atoms with van der Waals surface area (Å²) in [6.45, 7) is 2.63. The van der Waals surface area contributed by atoms with Crippen LogP contribution in [0.4, 0.5) is 5.69 Å². The summed E-state index contributed by atoms with van der Waals surface area (Å²) in [6.07, 6.45) is 1.26. The van der Waals surface area contributed by atoms with E-state index in [9.17, 15) is 13.2 Å². The van der Waals surface area contributed by atoms with Crippen molar-refractivity contribution in [3.8, 4) is 5.75 Å². The lowest BCUT2D eigenvalue weighted by Crippen LogP contribution is -2.46. The molecule has 1 amide bonds. The van der Waals surface area contributed by atoms with E-state index in [0.29, 0.717) is 31.0 Å². The van der Waals surface area contributed by atoms with Crippen molar-refractivity contribution in [1.82, 2.24) is 4.31 Å². The van der Waals surface area contributed by atoms with Gasteiger partial charge in [-0.05, 0) is 50.1 Å². The first-order chi connectivity index (χ1) is 13.8. The van der Waals surface area contributed by atoms with Crippen LogP contribution in [0.2, 0.25) is 5.02 Å². The summed E-state index contributed by atoms with van der Waals surface area (Å²) in [5.74, 6) is -0.225. The molecular formula is C21H25ClN2O4S. The molecule has 3 rings (SSSR count). The molecule has 0 bridgehead atoms. The first kappa shape index (κ1) is 21.6. The Morgan fingerprint density at radius 3 is 2.66 bits per heavy atom. The fourth-order valence-corrected chi connectivity index (χ4v) is 5.43. The average Bonchev–Trinajstić information content (AvgIpc) is 2.74. The molecule has 1 heterocycles. The second kappa shape index (κ2) is 9.15. The second-order valence-corrected chi connectivity index (χ2v) is 9.30. The van der Waals surface area contributed by atoms with Crippen LogP contribution in [0.1, 0.15) is 19.8 Å². The van der Waals surface area contributed by atoms with Crippen molar-refractivity contribution < 1.29 is 17.9 Å². The van der Waals surface area contributed by atoms with Gasteiger partial charge in [0.05, 0.1) is 12.5 Å². The van der Waals surface area contributed by atoms with Crippen molar-refractivity contribution in [2.75, 3.05) is 31.6 Å². The second-order valence-electron chi connectivity index (χ2n) is 6.96. The summed E-state index contributed by atoms with van der Waals surface area (Å²) in [5.41, 5.74) is 0.783. The molecule has 156 valence electrons. The van der Waals surface area contributed by atoms with Gasteiger partial charge in [0, 0.05) is 30.8 Å². The van der Waals surface area contributed by atoms with Crippen LogP contribution in [-0.2, 0) is 14.8 Å². The van der Waals surface area contributed by atoms with Gasteiger partial charge in [-0.1, -0.05) is 29.8 Å². The summed E-state index contributed by atoms with van der Waals surface area (Å²) in [4.78, 5) is 14.6. The van der Waals surface area contributed by atoms with Gasteiger partial charge < -0.3 is 9.64 Å². The van der Waals surface area contributed by atoms with Crippen LogP contribution in [0, 0.1) is 5.92 Å². The molecule has 29 heavy (non-hydrogen) atoms. The van der Waals surface area contributed by atoms with Crippen LogP contribution < -0.4 is 9.64 Å². The predicted molar refractivity (Wildman–Crippen MR) is 114 cm³/mol. The maximum absolute atomic E-state index is 13.3. The summed E-state index contributed by atoms with van der Waals surface area (Å²) in [7, 11) is -2.12. The molecule has 0 spiro atoms. The van der Waals surface area contributed by atoms with Gasteiger partial charge in [-0.15, -0.1) is 0 Å². The largest absolute Gasteiger partial charge is 0.492 e. The smallest absolute Gasteiger partial charge is 0.246 e. The number of piperidine rings is 1. The maximum Gasteiger partial charge on any atom is 0.246 e. The molecule has 6 nitrogen and oxygen atoms in total. The average molecular weight is 437 g/mol. The van der Waals surface area contributed by atoms with E-state index in [4.69, 9.17) is 16.3 Å². The predicted octanol–water partition coefficient (Wildman–Crippen LogP) is 3.80. The van der Waals surface area contributed by atoms with E-state index in [1.165, 1.54) is 10.4 Å². The van der Waals surface area contributed by atoms with Crippen LogP contribution in [-0.4, -0.2) is 45.4 Å². The lowest BCUT2D eigenvalue weighted by Gasteiger charge is -2.33. The molecular weight excluding hydrogens is 412 g/mol. The zero-order chi connectivity index (χ0) is 21.0. The molecule has 1 atom stereocenters. The fourth-order valence-electron chi connectivity index (χ4n) is 3.51. The minimum absolute atomic E-state index is 0.0383. The Balaban J connectivity index is 1.83. The molecule has 1 aliphatic heterocycles. The standard InChI is InChI=1S/C21H25ClN2O4S/c1-3-28-19-12-11-17(22)14-20(19)29(26,27)24-13-7-8-16(15-24)21(25)23(2)18-9-5-4-6-10-18/h4-6,9-12,14,16H,3,7-8,13,15H2,1-2H3/t16-/m1/s1. The van der Waals surface area contributed by atoms with Crippen LogP contribution in [0.5, 0.6) is 5.75 Å². The summed E-state index contributed by atoms with van der Waals surface area (Å²) in [6, 6.07) is 13.9. The molecule has 0 aromatic heterocycles. The van der Waals surface area contributed by atoms with E-state index in [0.717, 1.165) is 5.69 Å². The molecule has 1 fully saturated rings. The Hall–Kier alpha value is -2.09. The minimum atomic E-state index is -3.84. The summed E-state index contributed by atoms with van der Waals surface area (Å²) < 4.78 is 33.5. The van der Waals surface area contributed by atoms with E-state index >= 15 is 0 Å². The first-order valence-corrected chi connectivity index (χ1v) is 11.4. The number of benzene rings is 2. The summed E-state index contributed by atoms with van der Waals surface area (Å²) >= 11 is 6.05. The summed E-state index contributed by atoms with van der Waals surface area (Å²) in [5, 5.41) is 0.320. The number of anilines is 1. The molecule has 2 aromatic rings. The van der Waals surface area contributed by atoms with Crippen LogP contribution in [0.3, 0.4) is 0 Å². The van der Waals surface area contributed by atoms with Gasteiger partial charge in [-0.3, -0.25) is 4.79 Å². The molecule has 0 unspecified atom stereocenters. The Labute approximate surface area is 177 Å². The van der Waals surface area contributed by atoms with Crippen molar-refractivity contribution in [2.24, 2.45) is 5.92 Å². The number of ether oxygens (including phenoxy) is 1. The van der Waals surface area contributed by atoms with Crippen molar-refractivity contribution >= 4 is 33.2 Å². The number of carbonyl (C=O) groups is 1. The zero-order valence-corrected chi connectivity index (χ0v) is 18.1. The number of sulfonamides is 1. The number of rotatable bonds is 6. The maximum atomic E-state index is 13.3. The van der Waals surface area contributed by atoms with Gasteiger partial charge in [-0.2, -0.15) is 4.31 Å². The van der Waals surface area contributed by atoms with E-state index in [1.807, 2.05) is 30.3 Å². The Morgan fingerprint density at radius 2 is 1.97 bits per heavy atom. The van der Waals surface area contributed by atoms with Crippen LogP contribution >= 0.6 is 11.6 Å². The molecule has 2 aromatic carbocycles. The first-order valence-electron chi connectivity index (χ1n) is 9.59. The third-order valence-electron chi connectivity index (χ3n) is 5.03. The number of hydrogen-bond donors (Lipinski definition) is 0. The fraction of sp³-hybridized carbons (Fsp3) is 0.381. The Kier molecular flexibility index (Phi) is 6.82. The number of nitrogens with zero attached hydrogens (tertiary/aromatic N) is 2. The number of amides is 1. The molecule has 0 aliphatic carbocycles. The molecule has 0 radical (unpaired) electrons. The van der Waals surface area contributed by atoms with E-state index < -0.39 is 15.9 Å². The lowest BCUT2D eigenvalue weighted by atomic mass is 9.98. The van der Waals surface area contributed by atoms with Crippen molar-refractivity contribution in [1.29, 1.82) is 0 Å². The van der Waals surface area contributed by atoms with Crippen molar-refractivity contribution in [2.45, 2.75) is 24.7 Å². The highest BCUT2D eigenvalue weighted by molar-refractivity contribution is 7.89. The molecule has 1 aliphatic rings. The molecule has 1 saturated heterocycles. The SMILES string of the molecule is CCOc1ccc(Cl)cc1S(=O)(=O)N1CCC[C@@H](C(=O)N(C)c2ccccc2)C1. The molecule has 0 saturated carbocycles. The number of carbonyl (C=O) groups excluding carboxylic acids is 1. The van der Waals surface area contributed by atoms with Gasteiger partial charge in [-0.25, -0.2) is 8.42 Å². The zero-order valence-electron chi connectivity index (χ0n) is 16.5. The van der Waals surface area contributed by atoms with Gasteiger partial charge in [0.25, 0.3) is 0 Å². The molecule has 8 heteroatoms. The highest BCUT2D eigenvalue weighted by atomic mass is 35.5. The highest BCUT2D eigenvalue weighted by Crippen LogP contribution is 2.32. The topological polar surface area (TPSA) is 66.9 Å². The number of para-hydroxylation sites is 1. The van der Waals surface area contributed by atoms with Gasteiger partial charge in [0.1, 0.15) is 10.6 Å². The Morgan fingerprint density at radius 1 is 1.24 bits per heavy atom.